The number of hydrogen-bond donors (Lipinski definition) is 1. The van der Waals surface area contributed by atoms with Gasteiger partial charge in [0, 0.05) is 12.7 Å². The first kappa shape index (κ1) is 10.6. The Labute approximate surface area is 84.0 Å². The number of rotatable bonds is 3. The minimum Gasteiger partial charge on any atom is -0.480 e. The van der Waals surface area contributed by atoms with Crippen molar-refractivity contribution < 1.29 is 9.90 Å². The molecule has 0 aromatic heterocycles. The first-order chi connectivity index (χ1) is 6.49. The van der Waals surface area contributed by atoms with E-state index in [0.29, 0.717) is 0 Å². The molecule has 1 N–H and O–H groups in total. The van der Waals surface area contributed by atoms with Gasteiger partial charge >= 0.3 is 5.97 Å². The fourth-order valence-corrected chi connectivity index (χ4v) is 1.47. The van der Waals surface area contributed by atoms with Gasteiger partial charge in [0.25, 0.3) is 0 Å². The van der Waals surface area contributed by atoms with Crippen molar-refractivity contribution in [1.82, 2.24) is 0 Å². The third kappa shape index (κ3) is 2.76. The van der Waals surface area contributed by atoms with Crippen molar-refractivity contribution in [1.29, 1.82) is 0 Å². The van der Waals surface area contributed by atoms with Gasteiger partial charge < -0.3 is 10.0 Å². The van der Waals surface area contributed by atoms with Crippen LogP contribution in [0.2, 0.25) is 0 Å². The van der Waals surface area contributed by atoms with Gasteiger partial charge in [-0.3, -0.25) is 4.79 Å². The molecule has 0 amide bonds. The highest BCUT2D eigenvalue weighted by molar-refractivity contribution is 5.73. The van der Waals surface area contributed by atoms with Crippen molar-refractivity contribution in [3.8, 4) is 0 Å². The number of aryl methyl sites for hydroxylation is 2. The average Bonchev–Trinajstić information content (AvgIpc) is 2.00. The molecule has 0 heterocycles. The molecule has 1 rings (SSSR count). The van der Waals surface area contributed by atoms with Gasteiger partial charge in [-0.05, 0) is 37.1 Å². The van der Waals surface area contributed by atoms with E-state index in [1.807, 2.05) is 26.0 Å². The van der Waals surface area contributed by atoms with Crippen LogP contribution in [0.15, 0.2) is 18.2 Å². The molecule has 0 radical (unpaired) electrons. The molecule has 3 nitrogen and oxygen atoms in total. The molecular weight excluding hydrogens is 178 g/mol. The summed E-state index contributed by atoms with van der Waals surface area (Å²) in [4.78, 5) is 12.2. The minimum atomic E-state index is -0.813. The minimum absolute atomic E-state index is 0.0306. The quantitative estimate of drug-likeness (QED) is 0.796. The van der Waals surface area contributed by atoms with E-state index in [0.717, 1.165) is 16.8 Å². The largest absolute Gasteiger partial charge is 0.480 e. The molecule has 0 atom stereocenters. The number of likely N-dealkylation sites (N-methyl/N-ethyl adjacent to an activating group) is 1. The van der Waals surface area contributed by atoms with Crippen LogP contribution in [0.5, 0.6) is 0 Å². The van der Waals surface area contributed by atoms with Crippen molar-refractivity contribution in [2.24, 2.45) is 0 Å². The van der Waals surface area contributed by atoms with Gasteiger partial charge in [-0.15, -0.1) is 0 Å². The molecule has 0 aliphatic rings. The fraction of sp³-hybridized carbons (Fsp3) is 0.364. The Kier molecular flexibility index (Phi) is 3.12. The van der Waals surface area contributed by atoms with Gasteiger partial charge in [0.15, 0.2) is 0 Å². The van der Waals surface area contributed by atoms with Crippen LogP contribution in [0.1, 0.15) is 11.1 Å². The van der Waals surface area contributed by atoms with Gasteiger partial charge in [0.1, 0.15) is 6.54 Å². The summed E-state index contributed by atoms with van der Waals surface area (Å²) >= 11 is 0. The molecule has 1 aromatic carbocycles. The summed E-state index contributed by atoms with van der Waals surface area (Å²) < 4.78 is 0. The zero-order chi connectivity index (χ0) is 10.7. The SMILES string of the molecule is Cc1cc(C)cc(N(C)CC(=O)O)c1. The Morgan fingerprint density at radius 1 is 1.29 bits per heavy atom. The summed E-state index contributed by atoms with van der Waals surface area (Å²) in [6, 6.07) is 6.03. The van der Waals surface area contributed by atoms with Gasteiger partial charge in [-0.2, -0.15) is 0 Å². The van der Waals surface area contributed by atoms with E-state index in [-0.39, 0.29) is 6.54 Å². The van der Waals surface area contributed by atoms with Crippen LogP contribution < -0.4 is 4.90 Å². The normalized spacial score (nSPS) is 9.93. The Morgan fingerprint density at radius 3 is 2.21 bits per heavy atom. The second-order valence-electron chi connectivity index (χ2n) is 3.60. The summed E-state index contributed by atoms with van der Waals surface area (Å²) in [5.74, 6) is -0.813. The predicted octanol–water partition coefficient (Wildman–Crippen LogP) is 1.82. The molecule has 3 heteroatoms. The maximum atomic E-state index is 10.5. The van der Waals surface area contributed by atoms with E-state index in [1.165, 1.54) is 0 Å². The molecule has 14 heavy (non-hydrogen) atoms. The Bertz CT molecular complexity index is 327. The van der Waals surface area contributed by atoms with Crippen molar-refractivity contribution >= 4 is 11.7 Å². The number of anilines is 1. The van der Waals surface area contributed by atoms with Gasteiger partial charge in [0.05, 0.1) is 0 Å². The molecule has 1 aromatic rings. The second kappa shape index (κ2) is 4.13. The molecule has 76 valence electrons. The lowest BCUT2D eigenvalue weighted by molar-refractivity contribution is -0.135. The molecule has 0 saturated carbocycles. The highest BCUT2D eigenvalue weighted by Gasteiger charge is 2.05. The molecule has 0 saturated heterocycles. The number of benzene rings is 1. The number of carboxylic acid groups (broad SMARTS) is 1. The summed E-state index contributed by atoms with van der Waals surface area (Å²) in [5.41, 5.74) is 3.25. The Balaban J connectivity index is 2.89. The summed E-state index contributed by atoms with van der Waals surface area (Å²) in [6.07, 6.45) is 0. The van der Waals surface area contributed by atoms with Gasteiger partial charge in [-0.25, -0.2) is 0 Å². The highest BCUT2D eigenvalue weighted by Crippen LogP contribution is 2.16. The lowest BCUT2D eigenvalue weighted by atomic mass is 10.1. The maximum Gasteiger partial charge on any atom is 0.323 e. The molecule has 0 fully saturated rings. The van der Waals surface area contributed by atoms with Crippen LogP contribution in [0.4, 0.5) is 5.69 Å². The number of carbonyl (C=O) groups is 1. The van der Waals surface area contributed by atoms with Crippen LogP contribution >= 0.6 is 0 Å². The highest BCUT2D eigenvalue weighted by atomic mass is 16.4. The first-order valence-electron chi connectivity index (χ1n) is 4.50. The predicted molar refractivity (Wildman–Crippen MR) is 56.8 cm³/mol. The van der Waals surface area contributed by atoms with Crippen LogP contribution in [-0.2, 0) is 4.79 Å². The van der Waals surface area contributed by atoms with Crippen molar-refractivity contribution in [3.63, 3.8) is 0 Å². The topological polar surface area (TPSA) is 40.5 Å². The zero-order valence-corrected chi connectivity index (χ0v) is 8.74. The fourth-order valence-electron chi connectivity index (χ4n) is 1.47. The monoisotopic (exact) mass is 193 g/mol. The average molecular weight is 193 g/mol. The molecule has 0 unspecified atom stereocenters. The van der Waals surface area contributed by atoms with Crippen LogP contribution in [-0.4, -0.2) is 24.7 Å². The summed E-state index contributed by atoms with van der Waals surface area (Å²) in [7, 11) is 1.78. The smallest absolute Gasteiger partial charge is 0.323 e. The molecular formula is C11H15NO2. The van der Waals surface area contributed by atoms with E-state index in [9.17, 15) is 4.79 Å². The summed E-state index contributed by atoms with van der Waals surface area (Å²) in [5, 5.41) is 8.64. The van der Waals surface area contributed by atoms with E-state index in [4.69, 9.17) is 5.11 Å². The van der Waals surface area contributed by atoms with E-state index >= 15 is 0 Å². The number of carboxylic acids is 1. The molecule has 0 spiro atoms. The van der Waals surface area contributed by atoms with Crippen molar-refractivity contribution in [3.05, 3.63) is 29.3 Å². The molecule has 0 aliphatic heterocycles. The number of nitrogens with zero attached hydrogens (tertiary/aromatic N) is 1. The first-order valence-corrected chi connectivity index (χ1v) is 4.50. The Hall–Kier alpha value is -1.51. The lowest BCUT2D eigenvalue weighted by Crippen LogP contribution is -2.25. The lowest BCUT2D eigenvalue weighted by Gasteiger charge is -2.17. The van der Waals surface area contributed by atoms with Gasteiger partial charge in [0.2, 0.25) is 0 Å². The second-order valence-corrected chi connectivity index (χ2v) is 3.60. The van der Waals surface area contributed by atoms with Crippen LogP contribution in [0.3, 0.4) is 0 Å². The third-order valence-corrected chi connectivity index (χ3v) is 2.02. The van der Waals surface area contributed by atoms with E-state index in [1.54, 1.807) is 11.9 Å². The van der Waals surface area contributed by atoms with Crippen LogP contribution in [0, 0.1) is 13.8 Å². The number of hydrogen-bond acceptors (Lipinski definition) is 2. The van der Waals surface area contributed by atoms with Crippen LogP contribution in [0.25, 0.3) is 0 Å². The molecule has 0 bridgehead atoms. The van der Waals surface area contributed by atoms with Crippen molar-refractivity contribution in [2.45, 2.75) is 13.8 Å². The maximum absolute atomic E-state index is 10.5. The number of aliphatic carboxylic acids is 1. The Morgan fingerprint density at radius 2 is 1.79 bits per heavy atom. The standard InChI is InChI=1S/C11H15NO2/c1-8-4-9(2)6-10(5-8)12(3)7-11(13)14/h4-6H,7H2,1-3H3,(H,13,14). The van der Waals surface area contributed by atoms with Gasteiger partial charge in [-0.1, -0.05) is 6.07 Å². The van der Waals surface area contributed by atoms with E-state index < -0.39 is 5.97 Å². The van der Waals surface area contributed by atoms with E-state index in [2.05, 4.69) is 6.07 Å². The third-order valence-electron chi connectivity index (χ3n) is 2.02. The summed E-state index contributed by atoms with van der Waals surface area (Å²) in [6.45, 7) is 4.04. The van der Waals surface area contributed by atoms with Crippen molar-refractivity contribution in [2.75, 3.05) is 18.5 Å². The molecule has 0 aliphatic carbocycles. The zero-order valence-electron chi connectivity index (χ0n) is 8.74.